The monoisotopic (exact) mass is 444 g/mol. The van der Waals surface area contributed by atoms with Gasteiger partial charge in [0.25, 0.3) is 5.91 Å². The first-order valence-corrected chi connectivity index (χ1v) is 9.74. The van der Waals surface area contributed by atoms with Crippen LogP contribution in [-0.2, 0) is 9.59 Å². The Morgan fingerprint density at radius 1 is 1.27 bits per heavy atom. The summed E-state index contributed by atoms with van der Waals surface area (Å²) >= 11 is 6.33. The van der Waals surface area contributed by atoms with Gasteiger partial charge in [0, 0.05) is 5.56 Å². The highest BCUT2D eigenvalue weighted by molar-refractivity contribution is 8.26. The summed E-state index contributed by atoms with van der Waals surface area (Å²) in [6, 6.07) is 11.4. The molecule has 1 heterocycles. The maximum atomic E-state index is 12.7. The topological polar surface area (TPSA) is 109 Å². The average Bonchev–Trinajstić information content (AvgIpc) is 2.99. The van der Waals surface area contributed by atoms with E-state index in [1.807, 2.05) is 0 Å². The lowest BCUT2D eigenvalue weighted by atomic mass is 10.2. The van der Waals surface area contributed by atoms with Crippen molar-refractivity contribution in [1.82, 2.24) is 5.01 Å². The number of carbonyl (C=O) groups excluding carboxylic acids is 1. The number of carboxylic acids is 1. The van der Waals surface area contributed by atoms with Crippen LogP contribution in [-0.4, -0.2) is 51.4 Å². The van der Waals surface area contributed by atoms with E-state index in [1.54, 1.807) is 42.5 Å². The number of phenolic OH excluding ortho intramolecular Hbond substituents is 1. The molecule has 1 fully saturated rings. The average molecular weight is 444 g/mol. The number of aliphatic carboxylic acids is 1. The van der Waals surface area contributed by atoms with Gasteiger partial charge in [-0.1, -0.05) is 30.0 Å². The van der Waals surface area contributed by atoms with E-state index < -0.39 is 18.5 Å². The number of carbonyl (C=O) groups is 2. The summed E-state index contributed by atoms with van der Waals surface area (Å²) in [6.07, 6.45) is 2.99. The van der Waals surface area contributed by atoms with E-state index in [4.69, 9.17) is 26.8 Å². The highest BCUT2D eigenvalue weighted by Gasteiger charge is 2.32. The first kappa shape index (κ1) is 21.3. The fourth-order valence-corrected chi connectivity index (χ4v) is 3.63. The van der Waals surface area contributed by atoms with E-state index in [0.29, 0.717) is 21.8 Å². The summed E-state index contributed by atoms with van der Waals surface area (Å²) in [7, 11) is 1.43. The predicted molar refractivity (Wildman–Crippen MR) is 117 cm³/mol. The molecule has 154 valence electrons. The number of rotatable bonds is 7. The van der Waals surface area contributed by atoms with Gasteiger partial charge in [-0.15, -0.1) is 0 Å². The molecule has 3 rings (SSSR count). The van der Waals surface area contributed by atoms with Crippen LogP contribution in [0.2, 0.25) is 0 Å². The van der Waals surface area contributed by atoms with Crippen LogP contribution in [0.3, 0.4) is 0 Å². The fraction of sp³-hybridized carbons (Fsp3) is 0.100. The van der Waals surface area contributed by atoms with E-state index >= 15 is 0 Å². The molecule has 0 aromatic heterocycles. The highest BCUT2D eigenvalue weighted by atomic mass is 32.2. The number of phenols is 1. The van der Waals surface area contributed by atoms with E-state index in [0.717, 1.165) is 16.8 Å². The Bertz CT molecular complexity index is 1070. The molecule has 2 aromatic rings. The van der Waals surface area contributed by atoms with Crippen molar-refractivity contribution < 1.29 is 29.3 Å². The van der Waals surface area contributed by atoms with Crippen LogP contribution in [0.4, 0.5) is 0 Å². The number of para-hydroxylation sites is 1. The van der Waals surface area contributed by atoms with Crippen LogP contribution >= 0.6 is 24.0 Å². The molecule has 30 heavy (non-hydrogen) atoms. The largest absolute Gasteiger partial charge is 0.507 e. The lowest BCUT2D eigenvalue weighted by Crippen LogP contribution is -2.22. The second-order valence-electron chi connectivity index (χ2n) is 5.89. The second kappa shape index (κ2) is 9.42. The molecule has 0 spiro atoms. The van der Waals surface area contributed by atoms with Crippen molar-refractivity contribution in [2.24, 2.45) is 5.10 Å². The number of ether oxygens (including phenoxy) is 2. The van der Waals surface area contributed by atoms with Crippen LogP contribution in [0.1, 0.15) is 11.1 Å². The third kappa shape index (κ3) is 4.97. The number of hydrogen-bond donors (Lipinski definition) is 2. The SMILES string of the molecule is COc1cc(/C=C2/SC(=S)N(/N=C/c3ccccc3O)C2=O)ccc1OCC(=O)O. The number of aromatic hydroxyl groups is 1. The molecule has 0 unspecified atom stereocenters. The minimum atomic E-state index is -1.10. The van der Waals surface area contributed by atoms with Gasteiger partial charge in [-0.05, 0) is 48.1 Å². The Balaban J connectivity index is 1.79. The number of nitrogens with zero attached hydrogens (tertiary/aromatic N) is 2. The highest BCUT2D eigenvalue weighted by Crippen LogP contribution is 2.35. The number of methoxy groups -OCH3 is 1. The Morgan fingerprint density at radius 3 is 2.73 bits per heavy atom. The van der Waals surface area contributed by atoms with E-state index in [2.05, 4.69) is 5.10 Å². The van der Waals surface area contributed by atoms with Gasteiger partial charge >= 0.3 is 5.97 Å². The number of thioether (sulfide) groups is 1. The normalized spacial score (nSPS) is 15.2. The zero-order chi connectivity index (χ0) is 21.7. The lowest BCUT2D eigenvalue weighted by molar-refractivity contribution is -0.139. The second-order valence-corrected chi connectivity index (χ2v) is 7.57. The zero-order valence-electron chi connectivity index (χ0n) is 15.6. The molecular weight excluding hydrogens is 428 g/mol. The van der Waals surface area contributed by atoms with Gasteiger partial charge in [-0.25, -0.2) is 4.79 Å². The van der Waals surface area contributed by atoms with Crippen LogP contribution < -0.4 is 9.47 Å². The van der Waals surface area contributed by atoms with Gasteiger partial charge in [0.2, 0.25) is 0 Å². The lowest BCUT2D eigenvalue weighted by Gasteiger charge is -2.10. The van der Waals surface area contributed by atoms with Crippen LogP contribution in [0.15, 0.2) is 52.5 Å². The summed E-state index contributed by atoms with van der Waals surface area (Å²) < 4.78 is 10.7. The smallest absolute Gasteiger partial charge is 0.341 e. The van der Waals surface area contributed by atoms with Gasteiger partial charge in [0.05, 0.1) is 18.2 Å². The summed E-state index contributed by atoms with van der Waals surface area (Å²) in [5.74, 6) is -0.856. The zero-order valence-corrected chi connectivity index (χ0v) is 17.3. The van der Waals surface area contributed by atoms with Crippen molar-refractivity contribution in [3.05, 3.63) is 58.5 Å². The molecule has 1 saturated heterocycles. The van der Waals surface area contributed by atoms with Gasteiger partial charge in [-0.3, -0.25) is 4.79 Å². The van der Waals surface area contributed by atoms with Crippen LogP contribution in [0.5, 0.6) is 17.2 Å². The molecular formula is C20H16N2O6S2. The Hall–Kier alpha value is -3.37. The number of benzene rings is 2. The summed E-state index contributed by atoms with van der Waals surface area (Å²) in [6.45, 7) is -0.497. The van der Waals surface area contributed by atoms with Gasteiger partial charge in [-0.2, -0.15) is 10.1 Å². The molecule has 0 saturated carbocycles. The standard InChI is InChI=1S/C20H16N2O6S2/c1-27-16-8-12(6-7-15(16)28-11-18(24)25)9-17-19(26)22(20(29)30-17)21-10-13-4-2-3-5-14(13)23/h2-10,23H,11H2,1H3,(H,24,25)/b17-9+,21-10+. The fourth-order valence-electron chi connectivity index (χ4n) is 2.46. The first-order valence-electron chi connectivity index (χ1n) is 8.51. The first-order chi connectivity index (χ1) is 14.4. The van der Waals surface area contributed by atoms with E-state index in [9.17, 15) is 14.7 Å². The van der Waals surface area contributed by atoms with Crippen molar-refractivity contribution >= 4 is 52.5 Å². The van der Waals surface area contributed by atoms with Crippen molar-refractivity contribution in [2.75, 3.05) is 13.7 Å². The number of thiocarbonyl (C=S) groups is 1. The number of hydrogen-bond acceptors (Lipinski definition) is 8. The number of hydrazone groups is 1. The molecule has 0 radical (unpaired) electrons. The summed E-state index contributed by atoms with van der Waals surface area (Å²) in [4.78, 5) is 23.7. The predicted octanol–water partition coefficient (Wildman–Crippen LogP) is 3.10. The van der Waals surface area contributed by atoms with Gasteiger partial charge < -0.3 is 19.7 Å². The molecule has 1 aliphatic rings. The molecule has 2 aromatic carbocycles. The Morgan fingerprint density at radius 2 is 2.03 bits per heavy atom. The molecule has 1 amide bonds. The summed E-state index contributed by atoms with van der Waals surface area (Å²) in [5.41, 5.74) is 1.09. The maximum absolute atomic E-state index is 12.7. The number of amides is 1. The molecule has 2 N–H and O–H groups in total. The van der Waals surface area contributed by atoms with E-state index in [-0.39, 0.29) is 15.8 Å². The minimum absolute atomic E-state index is 0.0412. The van der Waals surface area contributed by atoms with Gasteiger partial charge in [0.1, 0.15) is 5.75 Å². The number of carboxylic acid groups (broad SMARTS) is 1. The van der Waals surface area contributed by atoms with Crippen molar-refractivity contribution in [3.63, 3.8) is 0 Å². The van der Waals surface area contributed by atoms with Crippen molar-refractivity contribution in [1.29, 1.82) is 0 Å². The molecule has 0 atom stereocenters. The van der Waals surface area contributed by atoms with Crippen LogP contribution in [0.25, 0.3) is 6.08 Å². The van der Waals surface area contributed by atoms with Crippen molar-refractivity contribution in [3.8, 4) is 17.2 Å². The third-order valence-electron chi connectivity index (χ3n) is 3.86. The third-order valence-corrected chi connectivity index (χ3v) is 5.14. The Labute approximate surface area is 181 Å². The summed E-state index contributed by atoms with van der Waals surface area (Å²) in [5, 5.41) is 23.7. The van der Waals surface area contributed by atoms with E-state index in [1.165, 1.54) is 19.4 Å². The molecule has 0 aliphatic carbocycles. The quantitative estimate of drug-likeness (QED) is 0.381. The minimum Gasteiger partial charge on any atom is -0.507 e. The molecule has 1 aliphatic heterocycles. The van der Waals surface area contributed by atoms with Crippen LogP contribution in [0, 0.1) is 0 Å². The van der Waals surface area contributed by atoms with Crippen molar-refractivity contribution in [2.45, 2.75) is 0 Å². The molecule has 10 heteroatoms. The molecule has 8 nitrogen and oxygen atoms in total. The van der Waals surface area contributed by atoms with Gasteiger partial charge in [0.15, 0.2) is 22.4 Å². The maximum Gasteiger partial charge on any atom is 0.341 e. The Kier molecular flexibility index (Phi) is 6.70. The molecule has 0 bridgehead atoms.